The van der Waals surface area contributed by atoms with E-state index < -0.39 is 0 Å². The molecule has 0 saturated heterocycles. The van der Waals surface area contributed by atoms with Crippen LogP contribution in [0.1, 0.15) is 36.9 Å². The first-order valence-electron chi connectivity index (χ1n) is 5.52. The molecule has 1 amide bonds. The average Bonchev–Trinajstić information content (AvgIpc) is 2.64. The van der Waals surface area contributed by atoms with Crippen molar-refractivity contribution in [3.8, 4) is 0 Å². The van der Waals surface area contributed by atoms with Crippen molar-refractivity contribution in [2.75, 3.05) is 0 Å². The Morgan fingerprint density at radius 2 is 2.31 bits per heavy atom. The van der Waals surface area contributed by atoms with Crippen LogP contribution >= 0.6 is 11.3 Å². The predicted octanol–water partition coefficient (Wildman–Crippen LogP) is 2.81. The smallest absolute Gasteiger partial charge is 0.240 e. The van der Waals surface area contributed by atoms with Crippen molar-refractivity contribution in [1.82, 2.24) is 5.43 Å². The number of hydrogen-bond acceptors (Lipinski definition) is 3. The average molecular weight is 238 g/mol. The highest BCUT2D eigenvalue weighted by molar-refractivity contribution is 7.13. The molecule has 16 heavy (non-hydrogen) atoms. The van der Waals surface area contributed by atoms with Gasteiger partial charge in [0.1, 0.15) is 0 Å². The number of hydrogen-bond donors (Lipinski definition) is 1. The van der Waals surface area contributed by atoms with Gasteiger partial charge in [0.25, 0.3) is 0 Å². The lowest BCUT2D eigenvalue weighted by Crippen LogP contribution is -2.18. The maximum Gasteiger partial charge on any atom is 0.240 e. The third-order valence-corrected chi connectivity index (χ3v) is 3.17. The highest BCUT2D eigenvalue weighted by Gasteiger charge is 2.02. The quantitative estimate of drug-likeness (QED) is 0.622. The van der Waals surface area contributed by atoms with Crippen molar-refractivity contribution in [2.24, 2.45) is 11.0 Å². The van der Waals surface area contributed by atoms with Crippen LogP contribution in [0.5, 0.6) is 0 Å². The van der Waals surface area contributed by atoms with Crippen LogP contribution in [0.3, 0.4) is 0 Å². The van der Waals surface area contributed by atoms with E-state index in [2.05, 4.69) is 23.5 Å². The third kappa shape index (κ3) is 4.57. The molecule has 0 spiro atoms. The van der Waals surface area contributed by atoms with Crippen LogP contribution in [0.2, 0.25) is 0 Å². The standard InChI is InChI=1S/C12H18N2OS/c1-4-10-5-6-11(16-10)8-13-14-12(15)7-9(2)3/h5-6,8-9H,4,7H2,1-3H3,(H,14,15)/b13-8+. The fourth-order valence-electron chi connectivity index (χ4n) is 1.24. The highest BCUT2D eigenvalue weighted by Crippen LogP contribution is 2.14. The monoisotopic (exact) mass is 238 g/mol. The van der Waals surface area contributed by atoms with Crippen LogP contribution < -0.4 is 5.43 Å². The Morgan fingerprint density at radius 1 is 1.56 bits per heavy atom. The van der Waals surface area contributed by atoms with E-state index in [1.54, 1.807) is 17.6 Å². The van der Waals surface area contributed by atoms with Crippen LogP contribution in [0.4, 0.5) is 0 Å². The number of nitrogens with zero attached hydrogens (tertiary/aromatic N) is 1. The van der Waals surface area contributed by atoms with E-state index in [-0.39, 0.29) is 5.91 Å². The lowest BCUT2D eigenvalue weighted by molar-refractivity contribution is -0.121. The van der Waals surface area contributed by atoms with Gasteiger partial charge in [0, 0.05) is 16.2 Å². The van der Waals surface area contributed by atoms with Gasteiger partial charge in [-0.3, -0.25) is 4.79 Å². The second-order valence-electron chi connectivity index (χ2n) is 4.05. The summed E-state index contributed by atoms with van der Waals surface area (Å²) in [6.45, 7) is 6.14. The summed E-state index contributed by atoms with van der Waals surface area (Å²) in [5.74, 6) is 0.335. The van der Waals surface area contributed by atoms with Crippen LogP contribution in [-0.4, -0.2) is 12.1 Å². The molecule has 1 rings (SSSR count). The van der Waals surface area contributed by atoms with Crippen molar-refractivity contribution in [3.63, 3.8) is 0 Å². The van der Waals surface area contributed by atoms with E-state index >= 15 is 0 Å². The SMILES string of the molecule is CCc1ccc(/C=N/NC(=O)CC(C)C)s1. The van der Waals surface area contributed by atoms with Gasteiger partial charge in [0.15, 0.2) is 0 Å². The number of rotatable bonds is 5. The number of amides is 1. The molecular weight excluding hydrogens is 220 g/mol. The van der Waals surface area contributed by atoms with Crippen LogP contribution in [0.25, 0.3) is 0 Å². The molecule has 0 saturated carbocycles. The number of aryl methyl sites for hydroxylation is 1. The number of carbonyl (C=O) groups is 1. The minimum Gasteiger partial charge on any atom is -0.273 e. The molecule has 1 heterocycles. The fraction of sp³-hybridized carbons (Fsp3) is 0.500. The van der Waals surface area contributed by atoms with Gasteiger partial charge in [0.05, 0.1) is 6.21 Å². The summed E-state index contributed by atoms with van der Waals surface area (Å²) in [6.07, 6.45) is 3.25. The zero-order valence-electron chi connectivity index (χ0n) is 9.99. The minimum atomic E-state index is -0.0291. The Hall–Kier alpha value is -1.16. The number of thiophene rings is 1. The zero-order chi connectivity index (χ0) is 12.0. The summed E-state index contributed by atoms with van der Waals surface area (Å²) in [5.41, 5.74) is 2.53. The van der Waals surface area contributed by atoms with E-state index in [0.29, 0.717) is 12.3 Å². The molecule has 4 heteroatoms. The molecule has 1 aromatic heterocycles. The first-order valence-corrected chi connectivity index (χ1v) is 6.34. The molecule has 3 nitrogen and oxygen atoms in total. The van der Waals surface area contributed by atoms with E-state index in [4.69, 9.17) is 0 Å². The topological polar surface area (TPSA) is 41.5 Å². The van der Waals surface area contributed by atoms with E-state index in [9.17, 15) is 4.79 Å². The summed E-state index contributed by atoms with van der Waals surface area (Å²) >= 11 is 1.70. The number of hydrazone groups is 1. The Labute approximate surface area is 101 Å². The van der Waals surface area contributed by atoms with Crippen LogP contribution in [0.15, 0.2) is 17.2 Å². The molecule has 0 atom stereocenters. The molecule has 0 bridgehead atoms. The fourth-order valence-corrected chi connectivity index (χ4v) is 2.06. The third-order valence-electron chi connectivity index (χ3n) is 2.01. The number of carbonyl (C=O) groups excluding carboxylic acids is 1. The first-order chi connectivity index (χ1) is 7.61. The van der Waals surface area contributed by atoms with E-state index in [0.717, 1.165) is 11.3 Å². The zero-order valence-corrected chi connectivity index (χ0v) is 10.8. The minimum absolute atomic E-state index is 0.0291. The van der Waals surface area contributed by atoms with Gasteiger partial charge >= 0.3 is 0 Å². The summed E-state index contributed by atoms with van der Waals surface area (Å²) < 4.78 is 0. The second kappa shape index (κ2) is 6.43. The maximum atomic E-state index is 11.3. The highest BCUT2D eigenvalue weighted by atomic mass is 32.1. The molecule has 1 aromatic rings. The van der Waals surface area contributed by atoms with Crippen molar-refractivity contribution in [1.29, 1.82) is 0 Å². The van der Waals surface area contributed by atoms with Crippen LogP contribution in [-0.2, 0) is 11.2 Å². The first kappa shape index (κ1) is 12.9. The molecule has 0 radical (unpaired) electrons. The summed E-state index contributed by atoms with van der Waals surface area (Å²) in [4.78, 5) is 13.7. The number of nitrogens with one attached hydrogen (secondary N) is 1. The van der Waals surface area contributed by atoms with Crippen molar-refractivity contribution in [3.05, 3.63) is 21.9 Å². The van der Waals surface area contributed by atoms with Crippen LogP contribution in [0, 0.1) is 5.92 Å². The summed E-state index contributed by atoms with van der Waals surface area (Å²) in [5, 5.41) is 3.93. The van der Waals surface area contributed by atoms with Gasteiger partial charge in [-0.05, 0) is 24.5 Å². The summed E-state index contributed by atoms with van der Waals surface area (Å²) in [7, 11) is 0. The molecule has 0 aromatic carbocycles. The Bertz CT molecular complexity index is 369. The van der Waals surface area contributed by atoms with Gasteiger partial charge in [-0.1, -0.05) is 20.8 Å². The Balaban J connectivity index is 2.39. The Morgan fingerprint density at radius 3 is 2.88 bits per heavy atom. The Kier molecular flexibility index (Phi) is 5.19. The lowest BCUT2D eigenvalue weighted by Gasteiger charge is -2.01. The van der Waals surface area contributed by atoms with E-state index in [1.165, 1.54) is 4.88 Å². The molecule has 0 aliphatic rings. The molecule has 0 fully saturated rings. The van der Waals surface area contributed by atoms with Gasteiger partial charge in [0.2, 0.25) is 5.91 Å². The molecule has 0 aliphatic carbocycles. The second-order valence-corrected chi connectivity index (χ2v) is 5.25. The molecule has 88 valence electrons. The van der Waals surface area contributed by atoms with Crippen molar-refractivity contribution < 1.29 is 4.79 Å². The molecule has 0 aliphatic heterocycles. The van der Waals surface area contributed by atoms with Gasteiger partial charge in [-0.15, -0.1) is 11.3 Å². The predicted molar refractivity (Wildman–Crippen MR) is 68.9 cm³/mol. The molecule has 1 N–H and O–H groups in total. The van der Waals surface area contributed by atoms with Gasteiger partial charge in [-0.25, -0.2) is 5.43 Å². The van der Waals surface area contributed by atoms with E-state index in [1.807, 2.05) is 19.9 Å². The van der Waals surface area contributed by atoms with Gasteiger partial charge in [-0.2, -0.15) is 5.10 Å². The maximum absolute atomic E-state index is 11.3. The molecular formula is C12H18N2OS. The lowest BCUT2D eigenvalue weighted by atomic mass is 10.1. The summed E-state index contributed by atoms with van der Waals surface area (Å²) in [6, 6.07) is 4.10. The largest absolute Gasteiger partial charge is 0.273 e. The molecule has 0 unspecified atom stereocenters. The van der Waals surface area contributed by atoms with Gasteiger partial charge < -0.3 is 0 Å². The van der Waals surface area contributed by atoms with Crippen molar-refractivity contribution >= 4 is 23.5 Å². The van der Waals surface area contributed by atoms with Crippen molar-refractivity contribution in [2.45, 2.75) is 33.6 Å². The normalized spacial score (nSPS) is 11.2.